The van der Waals surface area contributed by atoms with Gasteiger partial charge in [-0.05, 0) is 12.1 Å². The molecule has 4 rings (SSSR count). The summed E-state index contributed by atoms with van der Waals surface area (Å²) in [5.74, 6) is 0. The van der Waals surface area contributed by atoms with Crippen molar-refractivity contribution in [3.8, 4) is 17.3 Å². The lowest BCUT2D eigenvalue weighted by molar-refractivity contribution is 1.37. The van der Waals surface area contributed by atoms with Crippen molar-refractivity contribution in [2.45, 2.75) is 0 Å². The first-order chi connectivity index (χ1) is 11.8. The number of nitrogens with zero attached hydrogens (tertiary/aromatic N) is 2. The molecule has 0 bridgehead atoms. The summed E-state index contributed by atoms with van der Waals surface area (Å²) in [5.41, 5.74) is 4.59. The summed E-state index contributed by atoms with van der Waals surface area (Å²) in [5, 5.41) is 13.4. The predicted molar refractivity (Wildman–Crippen MR) is 99.3 cm³/mol. The van der Waals surface area contributed by atoms with E-state index in [9.17, 15) is 5.26 Å². The minimum Gasteiger partial charge on any atom is -0.361 e. The van der Waals surface area contributed by atoms with Crippen LogP contribution in [0.2, 0.25) is 0 Å². The van der Waals surface area contributed by atoms with Gasteiger partial charge in [-0.2, -0.15) is 5.26 Å². The molecule has 1 N–H and O–H groups in total. The number of thiazole rings is 1. The summed E-state index contributed by atoms with van der Waals surface area (Å²) in [4.78, 5) is 7.86. The molecule has 2 heterocycles. The molecule has 0 saturated heterocycles. The van der Waals surface area contributed by atoms with Gasteiger partial charge in [0.05, 0.1) is 11.3 Å². The van der Waals surface area contributed by atoms with Gasteiger partial charge in [-0.25, -0.2) is 4.98 Å². The fourth-order valence-electron chi connectivity index (χ4n) is 2.65. The molecule has 2 aromatic carbocycles. The van der Waals surface area contributed by atoms with Crippen LogP contribution < -0.4 is 0 Å². The van der Waals surface area contributed by atoms with Gasteiger partial charge in [0.2, 0.25) is 0 Å². The van der Waals surface area contributed by atoms with E-state index in [0.29, 0.717) is 5.57 Å². The van der Waals surface area contributed by atoms with Crippen LogP contribution in [0.15, 0.2) is 66.2 Å². The van der Waals surface area contributed by atoms with E-state index in [4.69, 9.17) is 0 Å². The number of H-pyrrole nitrogens is 1. The highest BCUT2D eigenvalue weighted by Gasteiger charge is 2.10. The van der Waals surface area contributed by atoms with E-state index < -0.39 is 0 Å². The highest BCUT2D eigenvalue weighted by molar-refractivity contribution is 7.11. The topological polar surface area (TPSA) is 52.5 Å². The number of aromatic nitrogens is 2. The zero-order valence-corrected chi connectivity index (χ0v) is 13.5. The van der Waals surface area contributed by atoms with E-state index in [-0.39, 0.29) is 0 Å². The van der Waals surface area contributed by atoms with Crippen molar-refractivity contribution in [3.05, 3.63) is 76.7 Å². The molecule has 0 amide bonds. The van der Waals surface area contributed by atoms with E-state index in [1.165, 1.54) is 11.3 Å². The SMILES string of the molecule is N#C/C(=C\c1c[nH]c2ccccc12)c1nc(-c2ccccc2)cs1. The van der Waals surface area contributed by atoms with Gasteiger partial charge in [-0.15, -0.1) is 11.3 Å². The summed E-state index contributed by atoms with van der Waals surface area (Å²) in [7, 11) is 0. The minimum atomic E-state index is 0.576. The molecule has 2 aromatic heterocycles. The number of nitriles is 1. The quantitative estimate of drug-likeness (QED) is 0.515. The summed E-state index contributed by atoms with van der Waals surface area (Å²) in [6.45, 7) is 0. The van der Waals surface area contributed by atoms with Crippen molar-refractivity contribution in [2.24, 2.45) is 0 Å². The molecule has 114 valence electrons. The van der Waals surface area contributed by atoms with Crippen LogP contribution >= 0.6 is 11.3 Å². The van der Waals surface area contributed by atoms with E-state index in [1.807, 2.05) is 72.3 Å². The van der Waals surface area contributed by atoms with Crippen LogP contribution in [0.1, 0.15) is 10.6 Å². The monoisotopic (exact) mass is 327 g/mol. The first-order valence-corrected chi connectivity index (χ1v) is 8.42. The molecule has 0 fully saturated rings. The van der Waals surface area contributed by atoms with Crippen LogP contribution in [-0.2, 0) is 0 Å². The van der Waals surface area contributed by atoms with Crippen LogP contribution in [0, 0.1) is 11.3 Å². The van der Waals surface area contributed by atoms with Crippen molar-refractivity contribution in [2.75, 3.05) is 0 Å². The van der Waals surface area contributed by atoms with Gasteiger partial charge in [0, 0.05) is 33.6 Å². The molecular weight excluding hydrogens is 314 g/mol. The molecular formula is C20H13N3S. The maximum Gasteiger partial charge on any atom is 0.134 e. The number of hydrogen-bond donors (Lipinski definition) is 1. The van der Waals surface area contributed by atoms with Crippen LogP contribution in [0.3, 0.4) is 0 Å². The van der Waals surface area contributed by atoms with Crippen molar-refractivity contribution < 1.29 is 0 Å². The molecule has 3 nitrogen and oxygen atoms in total. The number of fused-ring (bicyclic) bond motifs is 1. The highest BCUT2D eigenvalue weighted by atomic mass is 32.1. The fraction of sp³-hybridized carbons (Fsp3) is 0. The van der Waals surface area contributed by atoms with Gasteiger partial charge in [0.1, 0.15) is 11.1 Å². The zero-order chi connectivity index (χ0) is 16.4. The Hall–Kier alpha value is -3.16. The molecule has 4 aromatic rings. The summed E-state index contributed by atoms with van der Waals surface area (Å²) in [6.07, 6.45) is 3.82. The zero-order valence-electron chi connectivity index (χ0n) is 12.7. The second-order valence-electron chi connectivity index (χ2n) is 5.36. The predicted octanol–water partition coefficient (Wildman–Crippen LogP) is 5.36. The number of aromatic amines is 1. The molecule has 0 atom stereocenters. The second kappa shape index (κ2) is 6.15. The largest absolute Gasteiger partial charge is 0.361 e. The Labute approximate surface area is 143 Å². The molecule has 0 radical (unpaired) electrons. The van der Waals surface area contributed by atoms with Gasteiger partial charge in [0.25, 0.3) is 0 Å². The molecule has 0 spiro atoms. The molecule has 0 aliphatic carbocycles. The minimum absolute atomic E-state index is 0.576. The summed E-state index contributed by atoms with van der Waals surface area (Å²) >= 11 is 1.49. The number of benzene rings is 2. The highest BCUT2D eigenvalue weighted by Crippen LogP contribution is 2.28. The average molecular weight is 327 g/mol. The van der Waals surface area contributed by atoms with E-state index in [1.54, 1.807) is 0 Å². The van der Waals surface area contributed by atoms with Gasteiger partial charge < -0.3 is 4.98 Å². The fourth-order valence-corrected chi connectivity index (χ4v) is 3.44. The van der Waals surface area contributed by atoms with Crippen LogP contribution in [0.4, 0.5) is 0 Å². The number of allylic oxidation sites excluding steroid dienone is 1. The Kier molecular flexibility index (Phi) is 3.70. The number of nitrogens with one attached hydrogen (secondary N) is 1. The lowest BCUT2D eigenvalue weighted by atomic mass is 10.1. The smallest absolute Gasteiger partial charge is 0.134 e. The van der Waals surface area contributed by atoms with E-state index in [0.717, 1.165) is 32.7 Å². The number of rotatable bonds is 3. The van der Waals surface area contributed by atoms with Crippen molar-refractivity contribution in [1.29, 1.82) is 5.26 Å². The molecule has 0 aliphatic rings. The third-order valence-corrected chi connectivity index (χ3v) is 4.72. The lowest BCUT2D eigenvalue weighted by Gasteiger charge is -1.96. The van der Waals surface area contributed by atoms with Gasteiger partial charge in [-0.3, -0.25) is 0 Å². The molecule has 0 aliphatic heterocycles. The Morgan fingerprint density at radius 1 is 1.08 bits per heavy atom. The van der Waals surface area contributed by atoms with Gasteiger partial charge >= 0.3 is 0 Å². The van der Waals surface area contributed by atoms with Crippen molar-refractivity contribution in [3.63, 3.8) is 0 Å². The summed E-state index contributed by atoms with van der Waals surface area (Å²) in [6, 6.07) is 20.3. The van der Waals surface area contributed by atoms with E-state index >= 15 is 0 Å². The molecule has 24 heavy (non-hydrogen) atoms. The lowest BCUT2D eigenvalue weighted by Crippen LogP contribution is -1.82. The first kappa shape index (κ1) is 14.4. The third-order valence-electron chi connectivity index (χ3n) is 3.85. The van der Waals surface area contributed by atoms with E-state index in [2.05, 4.69) is 16.0 Å². The molecule has 4 heteroatoms. The maximum atomic E-state index is 9.57. The third kappa shape index (κ3) is 2.62. The van der Waals surface area contributed by atoms with Crippen LogP contribution in [-0.4, -0.2) is 9.97 Å². The van der Waals surface area contributed by atoms with Gasteiger partial charge in [-0.1, -0.05) is 48.5 Å². The van der Waals surface area contributed by atoms with Crippen molar-refractivity contribution in [1.82, 2.24) is 9.97 Å². The molecule has 0 unspecified atom stereocenters. The maximum absolute atomic E-state index is 9.57. The van der Waals surface area contributed by atoms with Crippen molar-refractivity contribution >= 4 is 33.9 Å². The number of hydrogen-bond acceptors (Lipinski definition) is 3. The van der Waals surface area contributed by atoms with Crippen LogP contribution in [0.5, 0.6) is 0 Å². The standard InChI is InChI=1S/C20H13N3S/c21-11-15(10-16-12-22-18-9-5-4-8-17(16)18)20-23-19(13-24-20)14-6-2-1-3-7-14/h1-10,12-13,22H/b15-10+. The number of para-hydroxylation sites is 1. The Morgan fingerprint density at radius 3 is 2.71 bits per heavy atom. The van der Waals surface area contributed by atoms with Crippen LogP contribution in [0.25, 0.3) is 33.8 Å². The van der Waals surface area contributed by atoms with Gasteiger partial charge in [0.15, 0.2) is 0 Å². The molecule has 0 saturated carbocycles. The summed E-state index contributed by atoms with van der Waals surface area (Å²) < 4.78 is 0. The average Bonchev–Trinajstić information content (AvgIpc) is 3.28. The Morgan fingerprint density at radius 2 is 1.88 bits per heavy atom. The normalized spacial score (nSPS) is 11.5. The Bertz CT molecular complexity index is 1060. The first-order valence-electron chi connectivity index (χ1n) is 7.54. The Balaban J connectivity index is 1.74. The second-order valence-corrected chi connectivity index (χ2v) is 6.22.